The fourth-order valence-corrected chi connectivity index (χ4v) is 3.42. The van der Waals surface area contributed by atoms with Crippen molar-refractivity contribution in [1.29, 1.82) is 5.26 Å². The summed E-state index contributed by atoms with van der Waals surface area (Å²) >= 11 is 0. The number of para-hydroxylation sites is 1. The van der Waals surface area contributed by atoms with Gasteiger partial charge >= 0.3 is 0 Å². The first kappa shape index (κ1) is 15.4. The number of pyridine rings is 1. The Morgan fingerprint density at radius 1 is 0.704 bits per heavy atom. The van der Waals surface area contributed by atoms with Crippen molar-refractivity contribution in [3.63, 3.8) is 0 Å². The van der Waals surface area contributed by atoms with E-state index in [2.05, 4.69) is 41.4 Å². The van der Waals surface area contributed by atoms with Crippen LogP contribution in [0.15, 0.2) is 89.5 Å². The first-order chi connectivity index (χ1) is 13.3. The first-order valence-electron chi connectivity index (χ1n) is 8.70. The normalized spacial score (nSPS) is 10.9. The molecule has 5 rings (SSSR count). The van der Waals surface area contributed by atoms with E-state index in [1.54, 1.807) is 12.3 Å². The molecule has 0 fully saturated rings. The van der Waals surface area contributed by atoms with Crippen molar-refractivity contribution < 1.29 is 4.42 Å². The molecule has 0 aliphatic rings. The van der Waals surface area contributed by atoms with Crippen LogP contribution in [0, 0.1) is 11.3 Å². The molecule has 0 spiro atoms. The molecule has 0 bridgehead atoms. The van der Waals surface area contributed by atoms with Crippen molar-refractivity contribution in [2.24, 2.45) is 0 Å². The number of aromatic nitrogens is 1. The molecule has 27 heavy (non-hydrogen) atoms. The zero-order valence-electron chi connectivity index (χ0n) is 14.4. The van der Waals surface area contributed by atoms with E-state index >= 15 is 0 Å². The van der Waals surface area contributed by atoms with Crippen molar-refractivity contribution in [2.75, 3.05) is 0 Å². The van der Waals surface area contributed by atoms with Crippen molar-refractivity contribution >= 4 is 21.9 Å². The van der Waals surface area contributed by atoms with Crippen LogP contribution in [-0.4, -0.2) is 4.98 Å². The Morgan fingerprint density at radius 3 is 2.44 bits per heavy atom. The summed E-state index contributed by atoms with van der Waals surface area (Å²) in [5.74, 6) is 0. The van der Waals surface area contributed by atoms with Crippen LogP contribution in [-0.2, 0) is 0 Å². The minimum Gasteiger partial charge on any atom is -0.456 e. The van der Waals surface area contributed by atoms with Gasteiger partial charge in [0.15, 0.2) is 0 Å². The summed E-state index contributed by atoms with van der Waals surface area (Å²) in [4.78, 5) is 4.41. The van der Waals surface area contributed by atoms with E-state index in [1.165, 1.54) is 0 Å². The Hall–Kier alpha value is -3.90. The van der Waals surface area contributed by atoms with Gasteiger partial charge in [0.05, 0.1) is 17.3 Å². The molecule has 2 aromatic heterocycles. The van der Waals surface area contributed by atoms with Gasteiger partial charge in [-0.2, -0.15) is 5.26 Å². The lowest BCUT2D eigenvalue weighted by Gasteiger charge is -2.06. The predicted octanol–water partition coefficient (Wildman–Crippen LogP) is 6.19. The third-order valence-corrected chi connectivity index (χ3v) is 4.76. The number of fused-ring (bicyclic) bond motifs is 3. The summed E-state index contributed by atoms with van der Waals surface area (Å²) < 4.78 is 5.92. The van der Waals surface area contributed by atoms with Crippen molar-refractivity contribution in [2.45, 2.75) is 0 Å². The van der Waals surface area contributed by atoms with Gasteiger partial charge < -0.3 is 4.42 Å². The molecule has 0 aliphatic carbocycles. The molecule has 5 aromatic rings. The summed E-state index contributed by atoms with van der Waals surface area (Å²) in [7, 11) is 0. The second kappa shape index (κ2) is 6.12. The molecule has 126 valence electrons. The summed E-state index contributed by atoms with van der Waals surface area (Å²) in [6, 6.07) is 28.2. The second-order valence-electron chi connectivity index (χ2n) is 6.43. The van der Waals surface area contributed by atoms with Gasteiger partial charge in [-0.3, -0.25) is 4.98 Å². The molecule has 0 unspecified atom stereocenters. The maximum atomic E-state index is 9.12. The zero-order chi connectivity index (χ0) is 18.2. The molecule has 0 saturated carbocycles. The minimum absolute atomic E-state index is 0.608. The van der Waals surface area contributed by atoms with Crippen LogP contribution in [0.25, 0.3) is 44.3 Å². The Morgan fingerprint density at radius 2 is 1.52 bits per heavy atom. The zero-order valence-corrected chi connectivity index (χ0v) is 14.4. The lowest BCUT2D eigenvalue weighted by atomic mass is 9.99. The van der Waals surface area contributed by atoms with E-state index in [-0.39, 0.29) is 0 Å². The van der Waals surface area contributed by atoms with Gasteiger partial charge in [0.2, 0.25) is 0 Å². The highest BCUT2D eigenvalue weighted by atomic mass is 16.3. The largest absolute Gasteiger partial charge is 0.456 e. The number of hydrogen-bond acceptors (Lipinski definition) is 3. The number of furan rings is 1. The molecular weight excluding hydrogens is 332 g/mol. The van der Waals surface area contributed by atoms with Gasteiger partial charge in [-0.1, -0.05) is 42.5 Å². The van der Waals surface area contributed by atoms with Crippen LogP contribution in [0.3, 0.4) is 0 Å². The molecule has 0 atom stereocenters. The maximum absolute atomic E-state index is 9.12. The van der Waals surface area contributed by atoms with E-state index in [0.29, 0.717) is 5.56 Å². The van der Waals surface area contributed by atoms with E-state index in [9.17, 15) is 0 Å². The Bertz CT molecular complexity index is 1340. The third kappa shape index (κ3) is 2.65. The van der Waals surface area contributed by atoms with E-state index in [1.807, 2.05) is 42.5 Å². The average molecular weight is 346 g/mol. The third-order valence-electron chi connectivity index (χ3n) is 4.76. The highest BCUT2D eigenvalue weighted by molar-refractivity contribution is 6.06. The molecule has 2 heterocycles. The number of rotatable bonds is 2. The van der Waals surface area contributed by atoms with Gasteiger partial charge in [-0.25, -0.2) is 0 Å². The second-order valence-corrected chi connectivity index (χ2v) is 6.43. The smallest absolute Gasteiger partial charge is 0.135 e. The van der Waals surface area contributed by atoms with Gasteiger partial charge in [0.1, 0.15) is 11.2 Å². The minimum atomic E-state index is 0.608. The molecular formula is C24H14N2O. The van der Waals surface area contributed by atoms with E-state index < -0.39 is 0 Å². The Kier molecular flexibility index (Phi) is 3.48. The average Bonchev–Trinajstić information content (AvgIpc) is 3.12. The van der Waals surface area contributed by atoms with Crippen LogP contribution in [0.1, 0.15) is 5.56 Å². The molecule has 3 aromatic carbocycles. The molecule has 0 amide bonds. The van der Waals surface area contributed by atoms with E-state index in [4.69, 9.17) is 9.68 Å². The number of nitriles is 1. The van der Waals surface area contributed by atoms with Gasteiger partial charge in [0, 0.05) is 22.5 Å². The quantitative estimate of drug-likeness (QED) is 0.383. The van der Waals surface area contributed by atoms with Gasteiger partial charge in [-0.05, 0) is 47.5 Å². The van der Waals surface area contributed by atoms with Crippen LogP contribution in [0.4, 0.5) is 0 Å². The summed E-state index contributed by atoms with van der Waals surface area (Å²) in [5, 5.41) is 11.4. The van der Waals surface area contributed by atoms with Crippen LogP contribution in [0.2, 0.25) is 0 Å². The summed E-state index contributed by atoms with van der Waals surface area (Å²) in [5.41, 5.74) is 6.40. The SMILES string of the molecule is N#Cc1ccnc(-c2cccc(-c3ccc4oc5ccccc5c4c3)c2)c1. The first-order valence-corrected chi connectivity index (χ1v) is 8.70. The molecule has 3 nitrogen and oxygen atoms in total. The van der Waals surface area contributed by atoms with Gasteiger partial charge in [-0.15, -0.1) is 0 Å². The summed E-state index contributed by atoms with van der Waals surface area (Å²) in [6.07, 6.45) is 1.67. The van der Waals surface area contributed by atoms with Crippen molar-refractivity contribution in [3.8, 4) is 28.5 Å². The molecule has 0 radical (unpaired) electrons. The molecule has 0 aliphatic heterocycles. The highest BCUT2D eigenvalue weighted by Gasteiger charge is 2.09. The summed E-state index contributed by atoms with van der Waals surface area (Å²) in [6.45, 7) is 0. The van der Waals surface area contributed by atoms with Crippen molar-refractivity contribution in [3.05, 3.63) is 90.6 Å². The van der Waals surface area contributed by atoms with E-state index in [0.717, 1.165) is 44.3 Å². The van der Waals surface area contributed by atoms with Gasteiger partial charge in [0.25, 0.3) is 0 Å². The van der Waals surface area contributed by atoms with Crippen molar-refractivity contribution in [1.82, 2.24) is 4.98 Å². The predicted molar refractivity (Wildman–Crippen MR) is 107 cm³/mol. The number of benzene rings is 3. The Balaban J connectivity index is 1.64. The lowest BCUT2D eigenvalue weighted by Crippen LogP contribution is -1.86. The molecule has 3 heteroatoms. The number of nitrogens with zero attached hydrogens (tertiary/aromatic N) is 2. The fourth-order valence-electron chi connectivity index (χ4n) is 3.42. The highest BCUT2D eigenvalue weighted by Crippen LogP contribution is 2.33. The number of hydrogen-bond donors (Lipinski definition) is 0. The molecule has 0 saturated heterocycles. The topological polar surface area (TPSA) is 49.8 Å². The fraction of sp³-hybridized carbons (Fsp3) is 0. The lowest BCUT2D eigenvalue weighted by molar-refractivity contribution is 0.669. The molecule has 0 N–H and O–H groups in total. The standard InChI is InChI=1S/C24H14N2O/c25-15-16-10-11-26-22(12-16)19-5-3-4-17(13-19)18-8-9-24-21(14-18)20-6-1-2-7-23(20)27-24/h1-14H. The van der Waals surface area contributed by atoms with Crippen LogP contribution in [0.5, 0.6) is 0 Å². The monoisotopic (exact) mass is 346 g/mol. The van der Waals surface area contributed by atoms with Crippen LogP contribution < -0.4 is 0 Å². The van der Waals surface area contributed by atoms with Crippen LogP contribution >= 0.6 is 0 Å². The Labute approximate surface area is 156 Å². The maximum Gasteiger partial charge on any atom is 0.135 e.